The number of aliphatic hydroxyl groups excluding tert-OH is 1. The van der Waals surface area contributed by atoms with Gasteiger partial charge >= 0.3 is 5.97 Å². The van der Waals surface area contributed by atoms with Crippen LogP contribution in [0.1, 0.15) is 17.3 Å². The Morgan fingerprint density at radius 2 is 1.81 bits per heavy atom. The molecule has 1 N–H and O–H groups in total. The standard InChI is InChI=1S/C15H20O6/c1-9-12(13(18-2)11(16)15(19-3)20-9)21-14(17)10-7-5-4-6-8-10/h4-9,11-13,15-16H,1-3H3/t9-,11+,12-,13+,15?/m1/s1. The zero-order valence-corrected chi connectivity index (χ0v) is 12.3. The van der Waals surface area contributed by atoms with Gasteiger partial charge in [-0.1, -0.05) is 18.2 Å². The van der Waals surface area contributed by atoms with E-state index in [0.717, 1.165) is 0 Å². The molecule has 1 aliphatic heterocycles. The quantitative estimate of drug-likeness (QED) is 0.835. The van der Waals surface area contributed by atoms with Crippen LogP contribution < -0.4 is 0 Å². The Balaban J connectivity index is 2.12. The van der Waals surface area contributed by atoms with Crippen molar-refractivity contribution in [1.82, 2.24) is 0 Å². The maximum absolute atomic E-state index is 12.1. The molecule has 1 unspecified atom stereocenters. The summed E-state index contributed by atoms with van der Waals surface area (Å²) in [5, 5.41) is 10.1. The average molecular weight is 296 g/mol. The Labute approximate surface area is 123 Å². The van der Waals surface area contributed by atoms with E-state index >= 15 is 0 Å². The first-order valence-electron chi connectivity index (χ1n) is 6.73. The van der Waals surface area contributed by atoms with Crippen molar-refractivity contribution >= 4 is 5.97 Å². The predicted molar refractivity (Wildman–Crippen MR) is 73.8 cm³/mol. The first-order valence-corrected chi connectivity index (χ1v) is 6.73. The molecule has 21 heavy (non-hydrogen) atoms. The number of esters is 1. The van der Waals surface area contributed by atoms with Crippen LogP contribution in [0.25, 0.3) is 0 Å². The molecule has 1 aromatic rings. The molecule has 0 aliphatic carbocycles. The van der Waals surface area contributed by atoms with Crippen molar-refractivity contribution in [2.75, 3.05) is 14.2 Å². The fourth-order valence-corrected chi connectivity index (χ4v) is 2.38. The van der Waals surface area contributed by atoms with Crippen LogP contribution in [0.3, 0.4) is 0 Å². The first-order chi connectivity index (χ1) is 10.1. The number of carbonyl (C=O) groups excluding carboxylic acids is 1. The third-order valence-corrected chi connectivity index (χ3v) is 3.51. The number of aliphatic hydroxyl groups is 1. The van der Waals surface area contributed by atoms with Crippen LogP contribution in [0.2, 0.25) is 0 Å². The molecule has 0 aromatic heterocycles. The Morgan fingerprint density at radius 1 is 1.14 bits per heavy atom. The summed E-state index contributed by atoms with van der Waals surface area (Å²) >= 11 is 0. The van der Waals surface area contributed by atoms with Crippen LogP contribution in [-0.2, 0) is 18.9 Å². The van der Waals surface area contributed by atoms with Crippen molar-refractivity contribution in [2.24, 2.45) is 0 Å². The second kappa shape index (κ2) is 7.00. The van der Waals surface area contributed by atoms with Crippen LogP contribution in [0.4, 0.5) is 0 Å². The number of hydrogen-bond donors (Lipinski definition) is 1. The Morgan fingerprint density at radius 3 is 2.38 bits per heavy atom. The Kier molecular flexibility index (Phi) is 5.30. The van der Waals surface area contributed by atoms with Crippen LogP contribution in [0.15, 0.2) is 30.3 Å². The van der Waals surface area contributed by atoms with Crippen LogP contribution in [0, 0.1) is 0 Å². The summed E-state index contributed by atoms with van der Waals surface area (Å²) < 4.78 is 21.3. The van der Waals surface area contributed by atoms with Crippen LogP contribution in [0.5, 0.6) is 0 Å². The molecule has 5 atom stereocenters. The molecule has 1 heterocycles. The number of hydrogen-bond acceptors (Lipinski definition) is 6. The van der Waals surface area contributed by atoms with Crippen molar-refractivity contribution in [1.29, 1.82) is 0 Å². The summed E-state index contributed by atoms with van der Waals surface area (Å²) in [6.45, 7) is 1.74. The van der Waals surface area contributed by atoms with E-state index in [-0.39, 0.29) is 0 Å². The normalized spacial score (nSPS) is 32.7. The maximum Gasteiger partial charge on any atom is 0.338 e. The Bertz CT molecular complexity index is 462. The lowest BCUT2D eigenvalue weighted by Crippen LogP contribution is -2.59. The molecule has 116 valence electrons. The number of benzene rings is 1. The summed E-state index contributed by atoms with van der Waals surface area (Å²) in [6, 6.07) is 8.63. The molecule has 1 aliphatic rings. The average Bonchev–Trinajstić information content (AvgIpc) is 2.51. The molecule has 0 amide bonds. The number of ether oxygens (including phenoxy) is 4. The monoisotopic (exact) mass is 296 g/mol. The topological polar surface area (TPSA) is 74.2 Å². The van der Waals surface area contributed by atoms with Gasteiger partial charge in [0.15, 0.2) is 12.4 Å². The van der Waals surface area contributed by atoms with E-state index in [4.69, 9.17) is 18.9 Å². The van der Waals surface area contributed by atoms with E-state index in [1.54, 1.807) is 31.2 Å². The Hall–Kier alpha value is -1.47. The van der Waals surface area contributed by atoms with E-state index in [2.05, 4.69) is 0 Å². The van der Waals surface area contributed by atoms with Crippen LogP contribution >= 0.6 is 0 Å². The highest BCUT2D eigenvalue weighted by Gasteiger charge is 2.46. The van der Waals surface area contributed by atoms with Gasteiger partial charge in [0.1, 0.15) is 12.2 Å². The maximum atomic E-state index is 12.1. The summed E-state index contributed by atoms with van der Waals surface area (Å²) in [6.07, 6.45) is -3.74. The minimum atomic E-state index is -1.04. The van der Waals surface area contributed by atoms with Crippen molar-refractivity contribution in [3.63, 3.8) is 0 Å². The molecule has 1 saturated heterocycles. The summed E-state index contributed by atoms with van der Waals surface area (Å²) in [4.78, 5) is 12.1. The van der Waals surface area contributed by atoms with E-state index in [0.29, 0.717) is 5.56 Å². The first kappa shape index (κ1) is 15.9. The fourth-order valence-electron chi connectivity index (χ4n) is 2.38. The van der Waals surface area contributed by atoms with Gasteiger partial charge in [0.05, 0.1) is 11.7 Å². The molecular weight excluding hydrogens is 276 g/mol. The number of carbonyl (C=O) groups is 1. The summed E-state index contributed by atoms with van der Waals surface area (Å²) in [5.74, 6) is -0.485. The molecule has 6 nitrogen and oxygen atoms in total. The molecule has 1 fully saturated rings. The molecule has 0 bridgehead atoms. The molecule has 1 aromatic carbocycles. The highest BCUT2D eigenvalue weighted by atomic mass is 16.7. The summed E-state index contributed by atoms with van der Waals surface area (Å²) in [5.41, 5.74) is 0.433. The van der Waals surface area contributed by atoms with Crippen molar-refractivity contribution in [3.8, 4) is 0 Å². The van der Waals surface area contributed by atoms with Gasteiger partial charge < -0.3 is 24.1 Å². The SMILES string of the molecule is COC1O[C@H](C)[C@@H](OC(=O)c2ccccc2)[C@@H](OC)[C@@H]1O. The van der Waals surface area contributed by atoms with Gasteiger partial charge in [-0.2, -0.15) is 0 Å². The molecule has 0 spiro atoms. The molecule has 6 heteroatoms. The zero-order valence-electron chi connectivity index (χ0n) is 12.3. The molecule has 0 saturated carbocycles. The van der Waals surface area contributed by atoms with E-state index in [1.807, 2.05) is 6.07 Å². The van der Waals surface area contributed by atoms with Gasteiger partial charge in [-0.15, -0.1) is 0 Å². The van der Waals surface area contributed by atoms with Crippen LogP contribution in [-0.4, -0.2) is 56.0 Å². The smallest absolute Gasteiger partial charge is 0.338 e. The van der Waals surface area contributed by atoms with E-state index in [1.165, 1.54) is 14.2 Å². The van der Waals surface area contributed by atoms with Gasteiger partial charge in [-0.05, 0) is 19.1 Å². The summed E-state index contributed by atoms with van der Waals surface area (Å²) in [7, 11) is 2.88. The lowest BCUT2D eigenvalue weighted by molar-refractivity contribution is -0.289. The molecule has 0 radical (unpaired) electrons. The van der Waals surface area contributed by atoms with Gasteiger partial charge in [0, 0.05) is 14.2 Å². The van der Waals surface area contributed by atoms with Gasteiger partial charge in [-0.25, -0.2) is 4.79 Å². The zero-order chi connectivity index (χ0) is 15.4. The molecule has 2 rings (SSSR count). The van der Waals surface area contributed by atoms with Crippen molar-refractivity contribution in [3.05, 3.63) is 35.9 Å². The largest absolute Gasteiger partial charge is 0.453 e. The highest BCUT2D eigenvalue weighted by molar-refractivity contribution is 5.89. The van der Waals surface area contributed by atoms with Crippen molar-refractivity contribution in [2.45, 2.75) is 37.6 Å². The molecular formula is C15H20O6. The van der Waals surface area contributed by atoms with Gasteiger partial charge in [-0.3, -0.25) is 0 Å². The highest BCUT2D eigenvalue weighted by Crippen LogP contribution is 2.26. The third-order valence-electron chi connectivity index (χ3n) is 3.51. The van der Waals surface area contributed by atoms with Gasteiger partial charge in [0.2, 0.25) is 0 Å². The number of methoxy groups -OCH3 is 2. The number of rotatable bonds is 4. The second-order valence-corrected chi connectivity index (χ2v) is 4.87. The van der Waals surface area contributed by atoms with E-state index < -0.39 is 36.7 Å². The minimum absolute atomic E-state index is 0.433. The third kappa shape index (κ3) is 3.41. The van der Waals surface area contributed by atoms with E-state index in [9.17, 15) is 9.90 Å². The second-order valence-electron chi connectivity index (χ2n) is 4.87. The lowest BCUT2D eigenvalue weighted by Gasteiger charge is -2.41. The fraction of sp³-hybridized carbons (Fsp3) is 0.533. The predicted octanol–water partition coefficient (Wildman–Crippen LogP) is 0.979. The minimum Gasteiger partial charge on any atom is -0.453 e. The van der Waals surface area contributed by atoms with Gasteiger partial charge in [0.25, 0.3) is 0 Å². The van der Waals surface area contributed by atoms with Crippen molar-refractivity contribution < 1.29 is 28.8 Å². The lowest BCUT2D eigenvalue weighted by atomic mass is 9.99.